The molecule has 0 spiro atoms. The number of nitrogens with zero attached hydrogens (tertiary/aromatic N) is 2. The lowest BCUT2D eigenvalue weighted by molar-refractivity contribution is 0.0933. The lowest BCUT2D eigenvalue weighted by atomic mass is 10.1. The Hall–Kier alpha value is -3.52. The third-order valence-corrected chi connectivity index (χ3v) is 5.15. The average molecular weight is 423 g/mol. The van der Waals surface area contributed by atoms with Crippen LogP contribution >= 0.6 is 0 Å². The Balaban J connectivity index is 1.43. The highest BCUT2D eigenvalue weighted by Crippen LogP contribution is 2.34. The smallest absolute Gasteiger partial charge is 0.273 e. The van der Waals surface area contributed by atoms with E-state index >= 15 is 0 Å². The van der Waals surface area contributed by atoms with Crippen LogP contribution in [0.5, 0.6) is 17.2 Å². The summed E-state index contributed by atoms with van der Waals surface area (Å²) in [7, 11) is 5.57. The summed E-state index contributed by atoms with van der Waals surface area (Å²) in [6, 6.07) is 14.9. The zero-order valence-electron chi connectivity index (χ0n) is 17.8. The maximum absolute atomic E-state index is 12.7. The monoisotopic (exact) mass is 423 g/mol. The summed E-state index contributed by atoms with van der Waals surface area (Å²) in [5.74, 6) is 2.33. The number of likely N-dealkylation sites (N-methyl/N-ethyl adjacent to an activating group) is 1. The second-order valence-electron chi connectivity index (χ2n) is 7.40. The fraction of sp³-hybridized carbons (Fsp3) is 0.304. The Morgan fingerprint density at radius 2 is 1.84 bits per heavy atom. The number of methoxy groups -OCH3 is 1. The van der Waals surface area contributed by atoms with Crippen LogP contribution in [0, 0.1) is 0 Å². The Morgan fingerprint density at radius 3 is 2.55 bits per heavy atom. The molecule has 0 saturated heterocycles. The molecule has 8 nitrogen and oxygen atoms in total. The summed E-state index contributed by atoms with van der Waals surface area (Å²) in [6.45, 7) is 1.45. The summed E-state index contributed by atoms with van der Waals surface area (Å²) >= 11 is 0. The average Bonchev–Trinajstić information content (AvgIpc) is 3.29. The molecule has 1 atom stereocenters. The molecule has 8 heteroatoms. The van der Waals surface area contributed by atoms with Crippen molar-refractivity contribution in [1.29, 1.82) is 0 Å². The van der Waals surface area contributed by atoms with E-state index in [1.807, 2.05) is 61.5 Å². The second-order valence-corrected chi connectivity index (χ2v) is 7.40. The fourth-order valence-electron chi connectivity index (χ4n) is 3.42. The number of carbonyl (C=O) groups excluding carboxylic acids is 1. The zero-order chi connectivity index (χ0) is 21.8. The Bertz CT molecular complexity index is 1050. The third-order valence-electron chi connectivity index (χ3n) is 5.15. The van der Waals surface area contributed by atoms with Gasteiger partial charge in [0.1, 0.15) is 19.0 Å². The van der Waals surface area contributed by atoms with E-state index in [4.69, 9.17) is 18.7 Å². The van der Waals surface area contributed by atoms with E-state index in [9.17, 15) is 4.79 Å². The van der Waals surface area contributed by atoms with Crippen LogP contribution in [0.1, 0.15) is 22.1 Å². The normalized spacial score (nSPS) is 13.7. The summed E-state index contributed by atoms with van der Waals surface area (Å²) in [4.78, 5) is 14.7. The van der Waals surface area contributed by atoms with Gasteiger partial charge in [-0.25, -0.2) is 0 Å². The molecule has 1 amide bonds. The van der Waals surface area contributed by atoms with Gasteiger partial charge >= 0.3 is 0 Å². The topological polar surface area (TPSA) is 86.1 Å². The van der Waals surface area contributed by atoms with Gasteiger partial charge in [-0.15, -0.1) is 0 Å². The molecule has 4 rings (SSSR count). The largest absolute Gasteiger partial charge is 0.497 e. The first-order valence-electron chi connectivity index (χ1n) is 10.0. The molecule has 3 aromatic rings. The minimum atomic E-state index is -0.298. The maximum Gasteiger partial charge on any atom is 0.273 e. The quantitative estimate of drug-likeness (QED) is 0.625. The number of nitrogens with one attached hydrogen (secondary N) is 1. The highest BCUT2D eigenvalue weighted by molar-refractivity contribution is 5.93. The van der Waals surface area contributed by atoms with Gasteiger partial charge < -0.3 is 29.0 Å². The first kappa shape index (κ1) is 20.7. The molecule has 2 heterocycles. The number of fused-ring (bicyclic) bond motifs is 1. The predicted molar refractivity (Wildman–Crippen MR) is 115 cm³/mol. The second kappa shape index (κ2) is 9.09. The molecule has 0 bridgehead atoms. The first-order valence-corrected chi connectivity index (χ1v) is 10.0. The van der Waals surface area contributed by atoms with E-state index < -0.39 is 0 Å². The van der Waals surface area contributed by atoms with Crippen LogP contribution in [0.4, 0.5) is 0 Å². The van der Waals surface area contributed by atoms with E-state index in [-0.39, 0.29) is 17.6 Å². The van der Waals surface area contributed by atoms with E-state index in [1.54, 1.807) is 13.2 Å². The van der Waals surface area contributed by atoms with Gasteiger partial charge in [0.05, 0.1) is 13.2 Å². The van der Waals surface area contributed by atoms with Crippen LogP contribution in [0.25, 0.3) is 11.3 Å². The van der Waals surface area contributed by atoms with Crippen molar-refractivity contribution in [2.45, 2.75) is 6.04 Å². The van der Waals surface area contributed by atoms with E-state index in [1.165, 1.54) is 0 Å². The molecule has 2 aromatic carbocycles. The maximum atomic E-state index is 12.7. The van der Waals surface area contributed by atoms with E-state index in [0.717, 1.165) is 16.9 Å². The summed E-state index contributed by atoms with van der Waals surface area (Å²) in [5.41, 5.74) is 2.06. The molecule has 31 heavy (non-hydrogen) atoms. The van der Waals surface area contributed by atoms with Gasteiger partial charge in [0, 0.05) is 18.2 Å². The minimum absolute atomic E-state index is 0.000905. The minimum Gasteiger partial charge on any atom is -0.497 e. The molecule has 0 aliphatic carbocycles. The SMILES string of the molecule is COc1ccc([C@@H](CNC(=O)c2cc(-c3ccc4c(c3)OCCO4)on2)N(C)C)cc1. The number of ether oxygens (including phenoxy) is 3. The molecule has 1 aliphatic rings. The molecule has 1 N–H and O–H groups in total. The van der Waals surface area contributed by atoms with Gasteiger partial charge in [-0.05, 0) is 50.0 Å². The van der Waals surface area contributed by atoms with Crippen molar-refractivity contribution in [2.75, 3.05) is 41.0 Å². The number of amides is 1. The number of hydrogen-bond donors (Lipinski definition) is 1. The summed E-state index contributed by atoms with van der Waals surface area (Å²) in [5, 5.41) is 6.88. The van der Waals surface area contributed by atoms with Crippen LogP contribution in [-0.4, -0.2) is 56.9 Å². The molecule has 162 valence electrons. The van der Waals surface area contributed by atoms with Crippen molar-refractivity contribution in [1.82, 2.24) is 15.4 Å². The third kappa shape index (κ3) is 4.64. The highest BCUT2D eigenvalue weighted by Gasteiger charge is 2.20. The highest BCUT2D eigenvalue weighted by atomic mass is 16.6. The zero-order valence-corrected chi connectivity index (χ0v) is 17.8. The molecule has 1 aliphatic heterocycles. The standard InChI is InChI=1S/C23H25N3O5/c1-26(2)19(15-4-7-17(28-3)8-5-15)14-24-23(27)18-13-21(31-25-18)16-6-9-20-22(12-16)30-11-10-29-20/h4-9,12-13,19H,10-11,14H2,1-3H3,(H,24,27)/t19-/m1/s1. The fourth-order valence-corrected chi connectivity index (χ4v) is 3.42. The molecular weight excluding hydrogens is 398 g/mol. The van der Waals surface area contributed by atoms with E-state index in [2.05, 4.69) is 10.5 Å². The van der Waals surface area contributed by atoms with Crippen molar-refractivity contribution < 1.29 is 23.5 Å². The predicted octanol–water partition coefficient (Wildman–Crippen LogP) is 3.15. The van der Waals surface area contributed by atoms with Crippen molar-refractivity contribution in [3.05, 3.63) is 59.8 Å². The number of carbonyl (C=O) groups is 1. The lowest BCUT2D eigenvalue weighted by Crippen LogP contribution is -2.34. The Morgan fingerprint density at radius 1 is 1.10 bits per heavy atom. The Kier molecular flexibility index (Phi) is 6.08. The number of benzene rings is 2. The van der Waals surface area contributed by atoms with Gasteiger partial charge in [-0.3, -0.25) is 4.79 Å². The van der Waals surface area contributed by atoms with Crippen molar-refractivity contribution in [3.63, 3.8) is 0 Å². The number of hydrogen-bond acceptors (Lipinski definition) is 7. The van der Waals surface area contributed by atoms with E-state index in [0.29, 0.717) is 37.0 Å². The van der Waals surface area contributed by atoms with Crippen LogP contribution in [0.15, 0.2) is 53.1 Å². The number of aromatic nitrogens is 1. The first-order chi connectivity index (χ1) is 15.0. The molecule has 0 fully saturated rings. The van der Waals surface area contributed by atoms with Crippen molar-refractivity contribution in [3.8, 4) is 28.6 Å². The molecule has 1 aromatic heterocycles. The van der Waals surface area contributed by atoms with Gasteiger partial charge in [-0.1, -0.05) is 17.3 Å². The van der Waals surface area contributed by atoms with Crippen LogP contribution in [-0.2, 0) is 0 Å². The summed E-state index contributed by atoms with van der Waals surface area (Å²) in [6.07, 6.45) is 0. The van der Waals surface area contributed by atoms with Crippen molar-refractivity contribution >= 4 is 5.91 Å². The molecular formula is C23H25N3O5. The molecule has 0 saturated carbocycles. The Labute approximate surface area is 180 Å². The van der Waals surface area contributed by atoms with Crippen LogP contribution < -0.4 is 19.5 Å². The molecule has 0 unspecified atom stereocenters. The van der Waals surface area contributed by atoms with Gasteiger partial charge in [-0.2, -0.15) is 0 Å². The lowest BCUT2D eigenvalue weighted by Gasteiger charge is -2.25. The van der Waals surface area contributed by atoms with Gasteiger partial charge in [0.15, 0.2) is 23.0 Å². The van der Waals surface area contributed by atoms with Crippen LogP contribution in [0.2, 0.25) is 0 Å². The molecule has 0 radical (unpaired) electrons. The van der Waals surface area contributed by atoms with Crippen LogP contribution in [0.3, 0.4) is 0 Å². The van der Waals surface area contributed by atoms with Gasteiger partial charge in [0.25, 0.3) is 5.91 Å². The van der Waals surface area contributed by atoms with Crippen molar-refractivity contribution in [2.24, 2.45) is 0 Å². The summed E-state index contributed by atoms with van der Waals surface area (Å²) < 4.78 is 21.8. The number of rotatable bonds is 7. The van der Waals surface area contributed by atoms with Gasteiger partial charge in [0.2, 0.25) is 0 Å².